The number of para-hydroxylation sites is 1. The molecule has 0 aromatic heterocycles. The lowest BCUT2D eigenvalue weighted by Gasteiger charge is -2.09. The second kappa shape index (κ2) is 9.30. The number of carbonyl (C=O) groups excluding carboxylic acids is 2. The maximum absolute atomic E-state index is 11.8. The Bertz CT molecular complexity index is 727. The molecule has 0 radical (unpaired) electrons. The summed E-state index contributed by atoms with van der Waals surface area (Å²) in [5, 5.41) is 3.15. The lowest BCUT2D eigenvalue weighted by molar-refractivity contribution is -0.147. The molecular weight excluding hydrogens is 365 g/mol. The van der Waals surface area contributed by atoms with Gasteiger partial charge in [-0.1, -0.05) is 41.4 Å². The maximum atomic E-state index is 11.8. The van der Waals surface area contributed by atoms with Crippen LogP contribution in [0.25, 0.3) is 0 Å². The van der Waals surface area contributed by atoms with E-state index in [1.54, 1.807) is 25.3 Å². The number of amides is 1. The van der Waals surface area contributed by atoms with E-state index in [4.69, 9.17) is 32.7 Å². The number of hydrogen-bond donors (Lipinski definition) is 1. The first-order valence-corrected chi connectivity index (χ1v) is 8.27. The van der Waals surface area contributed by atoms with Crippen molar-refractivity contribution in [2.24, 2.45) is 0 Å². The molecular formula is C18H17Cl2NO4. The van der Waals surface area contributed by atoms with Crippen LogP contribution in [0.3, 0.4) is 0 Å². The Labute approximate surface area is 155 Å². The van der Waals surface area contributed by atoms with Crippen molar-refractivity contribution in [2.75, 3.05) is 19.0 Å². The Morgan fingerprint density at radius 3 is 2.28 bits per heavy atom. The highest BCUT2D eigenvalue weighted by molar-refractivity contribution is 6.39. The van der Waals surface area contributed by atoms with E-state index in [2.05, 4.69) is 5.32 Å². The number of carbonyl (C=O) groups is 2. The Morgan fingerprint density at radius 1 is 1.04 bits per heavy atom. The topological polar surface area (TPSA) is 64.6 Å². The average Bonchev–Trinajstić information content (AvgIpc) is 2.62. The molecule has 0 unspecified atom stereocenters. The van der Waals surface area contributed by atoms with Gasteiger partial charge >= 0.3 is 5.97 Å². The number of halogens is 2. The summed E-state index contributed by atoms with van der Waals surface area (Å²) in [6.45, 7) is -0.400. The molecule has 0 aliphatic rings. The quantitative estimate of drug-likeness (QED) is 0.732. The number of aryl methyl sites for hydroxylation is 1. The van der Waals surface area contributed by atoms with E-state index in [1.165, 1.54) is 0 Å². The number of ether oxygens (including phenoxy) is 2. The smallest absolute Gasteiger partial charge is 0.306 e. The van der Waals surface area contributed by atoms with Crippen LogP contribution < -0.4 is 10.1 Å². The molecule has 25 heavy (non-hydrogen) atoms. The molecule has 0 atom stereocenters. The van der Waals surface area contributed by atoms with Crippen LogP contribution in [0.5, 0.6) is 5.75 Å². The van der Waals surface area contributed by atoms with Crippen LogP contribution >= 0.6 is 23.2 Å². The lowest BCUT2D eigenvalue weighted by Crippen LogP contribution is -2.21. The molecule has 0 fully saturated rings. The first kappa shape index (κ1) is 19.1. The summed E-state index contributed by atoms with van der Waals surface area (Å²) in [4.78, 5) is 23.6. The van der Waals surface area contributed by atoms with Gasteiger partial charge in [0.2, 0.25) is 0 Å². The largest absolute Gasteiger partial charge is 0.497 e. The monoisotopic (exact) mass is 381 g/mol. The van der Waals surface area contributed by atoms with E-state index in [0.29, 0.717) is 22.2 Å². The van der Waals surface area contributed by atoms with Gasteiger partial charge in [0.25, 0.3) is 5.91 Å². The van der Waals surface area contributed by atoms with Gasteiger partial charge in [-0.3, -0.25) is 9.59 Å². The van der Waals surface area contributed by atoms with E-state index < -0.39 is 18.5 Å². The van der Waals surface area contributed by atoms with Gasteiger partial charge in [-0.2, -0.15) is 0 Å². The zero-order chi connectivity index (χ0) is 18.2. The molecule has 0 saturated carbocycles. The van der Waals surface area contributed by atoms with Crippen LogP contribution in [0, 0.1) is 0 Å². The average molecular weight is 382 g/mol. The van der Waals surface area contributed by atoms with Crippen molar-refractivity contribution in [2.45, 2.75) is 12.8 Å². The Hall–Kier alpha value is -2.24. The molecule has 2 aromatic carbocycles. The van der Waals surface area contributed by atoms with E-state index in [0.717, 1.165) is 11.3 Å². The zero-order valence-corrected chi connectivity index (χ0v) is 15.1. The predicted molar refractivity (Wildman–Crippen MR) is 97.4 cm³/mol. The van der Waals surface area contributed by atoms with Crippen LogP contribution in [0.15, 0.2) is 42.5 Å². The highest BCUT2D eigenvalue weighted by Gasteiger charge is 2.12. The van der Waals surface area contributed by atoms with Crippen LogP contribution in [0.2, 0.25) is 10.0 Å². The summed E-state index contributed by atoms with van der Waals surface area (Å²) in [7, 11) is 1.59. The highest BCUT2D eigenvalue weighted by atomic mass is 35.5. The van der Waals surface area contributed by atoms with Gasteiger partial charge in [-0.05, 0) is 36.2 Å². The van der Waals surface area contributed by atoms with E-state index >= 15 is 0 Å². The normalized spacial score (nSPS) is 10.2. The molecule has 0 bridgehead atoms. The van der Waals surface area contributed by atoms with Crippen molar-refractivity contribution in [3.8, 4) is 5.75 Å². The van der Waals surface area contributed by atoms with Crippen molar-refractivity contribution in [3.05, 3.63) is 58.1 Å². The van der Waals surface area contributed by atoms with Crippen LogP contribution in [0.4, 0.5) is 5.69 Å². The molecule has 1 N–H and O–H groups in total. The van der Waals surface area contributed by atoms with Crippen molar-refractivity contribution >= 4 is 40.8 Å². The van der Waals surface area contributed by atoms with Gasteiger partial charge in [0.05, 0.1) is 22.8 Å². The van der Waals surface area contributed by atoms with Crippen molar-refractivity contribution in [1.29, 1.82) is 0 Å². The molecule has 0 spiro atoms. The van der Waals surface area contributed by atoms with Crippen LogP contribution in [-0.2, 0) is 20.7 Å². The van der Waals surface area contributed by atoms with Gasteiger partial charge in [0, 0.05) is 6.42 Å². The number of nitrogens with one attached hydrogen (secondary N) is 1. The van der Waals surface area contributed by atoms with E-state index in [9.17, 15) is 9.59 Å². The molecule has 0 aliphatic carbocycles. The number of anilines is 1. The molecule has 1 amide bonds. The van der Waals surface area contributed by atoms with E-state index in [1.807, 2.05) is 24.3 Å². The molecule has 7 heteroatoms. The van der Waals surface area contributed by atoms with Crippen LogP contribution in [0.1, 0.15) is 12.0 Å². The fourth-order valence-electron chi connectivity index (χ4n) is 2.05. The highest BCUT2D eigenvalue weighted by Crippen LogP contribution is 2.29. The summed E-state index contributed by atoms with van der Waals surface area (Å²) in [5.74, 6) is -0.217. The minimum Gasteiger partial charge on any atom is -0.497 e. The molecule has 2 aromatic rings. The Balaban J connectivity index is 1.76. The maximum Gasteiger partial charge on any atom is 0.306 e. The zero-order valence-electron chi connectivity index (χ0n) is 13.6. The molecule has 2 rings (SSSR count). The predicted octanol–water partition coefficient (Wildman–Crippen LogP) is 4.12. The van der Waals surface area contributed by atoms with Gasteiger partial charge in [0.1, 0.15) is 5.75 Å². The summed E-state index contributed by atoms with van der Waals surface area (Å²) in [5.41, 5.74) is 1.27. The molecule has 0 saturated heterocycles. The third kappa shape index (κ3) is 5.96. The SMILES string of the molecule is COc1ccc(CCC(=O)OCC(=O)Nc2c(Cl)cccc2Cl)cc1. The summed E-state index contributed by atoms with van der Waals surface area (Å²) < 4.78 is 10.0. The number of esters is 1. The fourth-order valence-corrected chi connectivity index (χ4v) is 2.54. The second-order valence-electron chi connectivity index (χ2n) is 5.15. The van der Waals surface area contributed by atoms with Crippen molar-refractivity contribution in [1.82, 2.24) is 0 Å². The second-order valence-corrected chi connectivity index (χ2v) is 5.97. The van der Waals surface area contributed by atoms with Gasteiger partial charge in [-0.25, -0.2) is 0 Å². The van der Waals surface area contributed by atoms with Crippen LogP contribution in [-0.4, -0.2) is 25.6 Å². The summed E-state index contributed by atoms with van der Waals surface area (Å²) in [6.07, 6.45) is 0.688. The van der Waals surface area contributed by atoms with Gasteiger partial charge in [-0.15, -0.1) is 0 Å². The minimum atomic E-state index is -0.507. The molecule has 0 aliphatic heterocycles. The van der Waals surface area contributed by atoms with E-state index in [-0.39, 0.29) is 6.42 Å². The van der Waals surface area contributed by atoms with Gasteiger partial charge in [0.15, 0.2) is 6.61 Å². The van der Waals surface area contributed by atoms with Crippen molar-refractivity contribution < 1.29 is 19.1 Å². The molecule has 5 nitrogen and oxygen atoms in total. The minimum absolute atomic E-state index is 0.173. The number of rotatable bonds is 7. The first-order chi connectivity index (χ1) is 12.0. The Kier molecular flexibility index (Phi) is 7.10. The summed E-state index contributed by atoms with van der Waals surface area (Å²) in [6, 6.07) is 12.3. The Morgan fingerprint density at radius 2 is 1.68 bits per heavy atom. The molecule has 132 valence electrons. The van der Waals surface area contributed by atoms with Gasteiger partial charge < -0.3 is 14.8 Å². The number of hydrogen-bond acceptors (Lipinski definition) is 4. The number of methoxy groups -OCH3 is 1. The number of benzene rings is 2. The third-order valence-corrected chi connectivity index (χ3v) is 4.00. The van der Waals surface area contributed by atoms with Crippen molar-refractivity contribution in [3.63, 3.8) is 0 Å². The third-order valence-electron chi connectivity index (χ3n) is 3.37. The standard InChI is InChI=1S/C18H17Cl2NO4/c1-24-13-8-5-12(6-9-13)7-10-17(23)25-11-16(22)21-18-14(19)3-2-4-15(18)20/h2-6,8-9H,7,10-11H2,1H3,(H,21,22). The molecule has 0 heterocycles. The first-order valence-electron chi connectivity index (χ1n) is 7.52. The fraction of sp³-hybridized carbons (Fsp3) is 0.222. The summed E-state index contributed by atoms with van der Waals surface area (Å²) >= 11 is 11.9. The lowest BCUT2D eigenvalue weighted by atomic mass is 10.1.